The van der Waals surface area contributed by atoms with Gasteiger partial charge in [0.2, 0.25) is 11.8 Å². The minimum atomic E-state index is -1.30. The van der Waals surface area contributed by atoms with Crippen LogP contribution >= 0.6 is 0 Å². The third-order valence-corrected chi connectivity index (χ3v) is 5.26. The molecule has 2 bridgehead atoms. The second-order valence-corrected chi connectivity index (χ2v) is 6.66. The van der Waals surface area contributed by atoms with Crippen molar-refractivity contribution < 1.29 is 24.0 Å². The van der Waals surface area contributed by atoms with Gasteiger partial charge in [-0.15, -0.1) is 0 Å². The molecule has 3 fully saturated rings. The molecule has 4 aliphatic rings. The molecule has 0 aromatic heterocycles. The van der Waals surface area contributed by atoms with E-state index in [0.717, 1.165) is 4.90 Å². The average Bonchev–Trinajstić information content (AvgIpc) is 2.99. The summed E-state index contributed by atoms with van der Waals surface area (Å²) in [6, 6.07) is 4.72. The predicted molar refractivity (Wildman–Crippen MR) is 111 cm³/mol. The zero-order chi connectivity index (χ0) is 22.6. The van der Waals surface area contributed by atoms with Crippen LogP contribution in [0.15, 0.2) is 18.2 Å². The fraction of sp³-hybridized carbons (Fsp3) is 0.476. The van der Waals surface area contributed by atoms with Crippen molar-refractivity contribution in [1.29, 1.82) is 0 Å². The van der Waals surface area contributed by atoms with Crippen LogP contribution in [0.3, 0.4) is 0 Å². The number of fused-ring (bicyclic) bond motifs is 3. The molecule has 0 spiro atoms. The first-order valence-electron chi connectivity index (χ1n) is 10.2. The lowest BCUT2D eigenvalue weighted by atomic mass is 9.63. The number of nitrogens with one attached hydrogen (secondary N) is 3. The Morgan fingerprint density at radius 2 is 1.73 bits per heavy atom. The minimum absolute atomic E-state index is 0.0589. The normalized spacial score (nSPS) is 23.1. The average molecular weight is 416 g/mol. The van der Waals surface area contributed by atoms with Crippen molar-refractivity contribution in [2.45, 2.75) is 46.1 Å². The summed E-state index contributed by atoms with van der Waals surface area (Å²) in [5, 5.41) is 7.54. The summed E-state index contributed by atoms with van der Waals surface area (Å²) in [6.45, 7) is 7.94. The molecule has 1 aromatic carbocycles. The Morgan fingerprint density at radius 3 is 2.30 bits per heavy atom. The van der Waals surface area contributed by atoms with Gasteiger partial charge in [0.1, 0.15) is 5.54 Å². The van der Waals surface area contributed by atoms with Crippen LogP contribution in [0.5, 0.6) is 0 Å². The van der Waals surface area contributed by atoms with Crippen LogP contribution < -0.4 is 16.0 Å². The number of benzene rings is 1. The summed E-state index contributed by atoms with van der Waals surface area (Å²) in [5.74, 6) is -2.75. The molecule has 3 aliphatic heterocycles. The Balaban J connectivity index is 0.000000757. The number of likely N-dealkylation sites (N-methyl/N-ethyl adjacent to an activating group) is 1. The van der Waals surface area contributed by atoms with Crippen molar-refractivity contribution >= 4 is 35.2 Å². The van der Waals surface area contributed by atoms with Gasteiger partial charge in [0.25, 0.3) is 17.7 Å². The Kier molecular flexibility index (Phi) is 6.96. The Bertz CT molecular complexity index is 889. The Labute approximate surface area is 175 Å². The van der Waals surface area contributed by atoms with Crippen LogP contribution in [0.4, 0.5) is 5.69 Å². The summed E-state index contributed by atoms with van der Waals surface area (Å²) in [7, 11) is 1.49. The SMILES string of the molecule is CC.CC.CNC(=O)CNc1cccc2c1C(=O)N(C13CC(C1)C(=O)NC3=O)C2=O. The molecule has 3 heterocycles. The lowest BCUT2D eigenvalue weighted by Crippen LogP contribution is -2.74. The van der Waals surface area contributed by atoms with Crippen molar-refractivity contribution in [3.8, 4) is 0 Å². The topological polar surface area (TPSA) is 125 Å². The van der Waals surface area contributed by atoms with Gasteiger partial charge in [0, 0.05) is 18.7 Å². The zero-order valence-corrected chi connectivity index (χ0v) is 17.9. The lowest BCUT2D eigenvalue weighted by molar-refractivity contribution is -0.158. The van der Waals surface area contributed by atoms with E-state index in [1.807, 2.05) is 27.7 Å². The first kappa shape index (κ1) is 23.1. The van der Waals surface area contributed by atoms with Gasteiger partial charge in [-0.3, -0.25) is 34.2 Å². The van der Waals surface area contributed by atoms with E-state index in [4.69, 9.17) is 0 Å². The molecule has 1 saturated carbocycles. The number of hydrogen-bond acceptors (Lipinski definition) is 6. The predicted octanol–water partition coefficient (Wildman–Crippen LogP) is 1.30. The Hall–Kier alpha value is -3.23. The molecule has 0 unspecified atom stereocenters. The molecule has 9 heteroatoms. The highest BCUT2D eigenvalue weighted by Crippen LogP contribution is 2.49. The number of amides is 5. The molecule has 1 aliphatic carbocycles. The number of rotatable bonds is 4. The van der Waals surface area contributed by atoms with Crippen molar-refractivity contribution in [2.24, 2.45) is 5.92 Å². The number of anilines is 1. The number of hydrogen-bond donors (Lipinski definition) is 3. The van der Waals surface area contributed by atoms with E-state index in [1.165, 1.54) is 13.1 Å². The van der Waals surface area contributed by atoms with Crippen LogP contribution in [0.2, 0.25) is 0 Å². The molecule has 1 aromatic rings. The number of carbonyl (C=O) groups is 5. The maximum absolute atomic E-state index is 13.0. The molecule has 30 heavy (non-hydrogen) atoms. The first-order valence-corrected chi connectivity index (χ1v) is 10.2. The van der Waals surface area contributed by atoms with Gasteiger partial charge in [-0.2, -0.15) is 0 Å². The molecule has 5 amide bonds. The molecular formula is C21H28N4O5. The van der Waals surface area contributed by atoms with Crippen molar-refractivity contribution in [3.63, 3.8) is 0 Å². The lowest BCUT2D eigenvalue weighted by Gasteiger charge is -2.52. The zero-order valence-electron chi connectivity index (χ0n) is 17.9. The van der Waals surface area contributed by atoms with Crippen LogP contribution in [-0.2, 0) is 14.4 Å². The van der Waals surface area contributed by atoms with E-state index in [9.17, 15) is 24.0 Å². The van der Waals surface area contributed by atoms with Crippen LogP contribution in [0.25, 0.3) is 0 Å². The first-order chi connectivity index (χ1) is 14.4. The van der Waals surface area contributed by atoms with Crippen LogP contribution in [0.1, 0.15) is 61.3 Å². The van der Waals surface area contributed by atoms with E-state index >= 15 is 0 Å². The van der Waals surface area contributed by atoms with E-state index in [0.29, 0.717) is 5.69 Å². The van der Waals surface area contributed by atoms with Gasteiger partial charge in [-0.25, -0.2) is 0 Å². The summed E-state index contributed by atoms with van der Waals surface area (Å²) in [5.41, 5.74) is -0.626. The van der Waals surface area contributed by atoms with Crippen molar-refractivity contribution in [1.82, 2.24) is 15.5 Å². The van der Waals surface area contributed by atoms with Gasteiger partial charge < -0.3 is 10.6 Å². The van der Waals surface area contributed by atoms with Crippen molar-refractivity contribution in [3.05, 3.63) is 29.3 Å². The molecule has 0 radical (unpaired) electrons. The molecule has 5 rings (SSSR count). The van der Waals surface area contributed by atoms with Gasteiger partial charge >= 0.3 is 0 Å². The van der Waals surface area contributed by atoms with Gasteiger partial charge in [-0.05, 0) is 25.0 Å². The van der Waals surface area contributed by atoms with Crippen molar-refractivity contribution in [2.75, 3.05) is 18.9 Å². The number of carbonyl (C=O) groups excluding carboxylic acids is 5. The van der Waals surface area contributed by atoms with E-state index in [-0.39, 0.29) is 48.2 Å². The second kappa shape index (κ2) is 9.06. The quantitative estimate of drug-likeness (QED) is 0.636. The molecular weight excluding hydrogens is 388 g/mol. The maximum atomic E-state index is 13.0. The smallest absolute Gasteiger partial charge is 0.264 e. The highest BCUT2D eigenvalue weighted by Gasteiger charge is 2.65. The molecule has 0 atom stereocenters. The van der Waals surface area contributed by atoms with Crippen LogP contribution in [-0.4, -0.2) is 53.6 Å². The largest absolute Gasteiger partial charge is 0.375 e. The molecule has 2 saturated heterocycles. The third kappa shape index (κ3) is 3.44. The van der Waals surface area contributed by atoms with E-state index in [2.05, 4.69) is 16.0 Å². The molecule has 3 N–H and O–H groups in total. The summed E-state index contributed by atoms with van der Waals surface area (Å²) in [6.07, 6.45) is 0.314. The van der Waals surface area contributed by atoms with E-state index < -0.39 is 23.3 Å². The highest BCUT2D eigenvalue weighted by atomic mass is 16.2. The fourth-order valence-electron chi connectivity index (χ4n) is 3.83. The van der Waals surface area contributed by atoms with Gasteiger partial charge in [0.05, 0.1) is 17.7 Å². The van der Waals surface area contributed by atoms with Gasteiger partial charge in [0.15, 0.2) is 0 Å². The minimum Gasteiger partial charge on any atom is -0.375 e. The fourth-order valence-corrected chi connectivity index (χ4v) is 3.83. The number of imide groups is 2. The molecule has 162 valence electrons. The monoisotopic (exact) mass is 416 g/mol. The standard InChI is InChI=1S/C17H16N4O5.2C2H6/c1-18-11(22)7-19-10-4-2-3-9-12(10)15(25)21(14(9)24)17-5-8(6-17)13(23)20-16(17)26;2*1-2/h2-4,8,19H,5-7H2,1H3,(H,18,22)(H,20,23,26);2*1-2H3. The maximum Gasteiger partial charge on any atom is 0.264 e. The number of nitrogens with zero attached hydrogens (tertiary/aromatic N) is 1. The van der Waals surface area contributed by atoms with Gasteiger partial charge in [-0.1, -0.05) is 33.8 Å². The summed E-state index contributed by atoms with van der Waals surface area (Å²) >= 11 is 0. The summed E-state index contributed by atoms with van der Waals surface area (Å²) < 4.78 is 0. The van der Waals surface area contributed by atoms with E-state index in [1.54, 1.807) is 12.1 Å². The Morgan fingerprint density at radius 1 is 1.10 bits per heavy atom. The number of piperidine rings is 2. The summed E-state index contributed by atoms with van der Waals surface area (Å²) in [4.78, 5) is 62.3. The third-order valence-electron chi connectivity index (χ3n) is 5.26. The second-order valence-electron chi connectivity index (χ2n) is 6.66. The highest BCUT2D eigenvalue weighted by molar-refractivity contribution is 6.27. The molecule has 9 nitrogen and oxygen atoms in total. The van der Waals surface area contributed by atoms with Crippen LogP contribution in [0, 0.1) is 5.92 Å².